The van der Waals surface area contributed by atoms with Crippen LogP contribution in [0.1, 0.15) is 49.0 Å². The molecular weight excluding hydrogens is 449 g/mol. The highest BCUT2D eigenvalue weighted by atomic mass is 32.1. The van der Waals surface area contributed by atoms with Crippen molar-refractivity contribution in [3.63, 3.8) is 0 Å². The zero-order valence-electron chi connectivity index (χ0n) is 19.2. The number of esters is 1. The Kier molecular flexibility index (Phi) is 6.15. The minimum Gasteiger partial charge on any atom is -0.469 e. The third-order valence-corrected chi connectivity index (χ3v) is 7.55. The summed E-state index contributed by atoms with van der Waals surface area (Å²) in [7, 11) is 1.37. The SMILES string of the molecule is COC(=O)CCNC(C)c1ccc(-c2nc3ccc(C4(c5ccccc5)CC4)nc3s2)c(F)c1. The van der Waals surface area contributed by atoms with Crippen LogP contribution in [0.5, 0.6) is 0 Å². The van der Waals surface area contributed by atoms with Crippen LogP contribution in [-0.2, 0) is 14.9 Å². The van der Waals surface area contributed by atoms with E-state index in [4.69, 9.17) is 4.98 Å². The molecule has 0 radical (unpaired) electrons. The predicted molar refractivity (Wildman–Crippen MR) is 132 cm³/mol. The van der Waals surface area contributed by atoms with Crippen LogP contribution in [0.4, 0.5) is 4.39 Å². The summed E-state index contributed by atoms with van der Waals surface area (Å²) < 4.78 is 19.7. The first-order valence-electron chi connectivity index (χ1n) is 11.4. The number of methoxy groups -OCH3 is 1. The lowest BCUT2D eigenvalue weighted by molar-refractivity contribution is -0.140. The number of carbonyl (C=O) groups excluding carboxylic acids is 1. The molecule has 0 saturated heterocycles. The average molecular weight is 476 g/mol. The second-order valence-corrected chi connectivity index (χ2v) is 9.71. The Morgan fingerprint density at radius 3 is 2.65 bits per heavy atom. The summed E-state index contributed by atoms with van der Waals surface area (Å²) in [6.45, 7) is 2.41. The molecule has 1 aliphatic carbocycles. The van der Waals surface area contributed by atoms with Crippen molar-refractivity contribution in [2.24, 2.45) is 0 Å². The zero-order chi connectivity index (χ0) is 23.7. The summed E-state index contributed by atoms with van der Waals surface area (Å²) in [4.78, 5) is 21.7. The van der Waals surface area contributed by atoms with Crippen molar-refractivity contribution in [3.05, 3.63) is 83.3 Å². The van der Waals surface area contributed by atoms with Gasteiger partial charge in [-0.3, -0.25) is 4.79 Å². The van der Waals surface area contributed by atoms with E-state index in [0.717, 1.165) is 34.4 Å². The van der Waals surface area contributed by atoms with Crippen molar-refractivity contribution in [3.8, 4) is 10.6 Å². The fraction of sp³-hybridized carbons (Fsp3) is 0.296. The van der Waals surface area contributed by atoms with Crippen LogP contribution in [-0.4, -0.2) is 29.6 Å². The van der Waals surface area contributed by atoms with Gasteiger partial charge in [-0.1, -0.05) is 47.7 Å². The van der Waals surface area contributed by atoms with Gasteiger partial charge in [0.15, 0.2) is 0 Å². The minimum absolute atomic E-state index is 0.0104. The number of hydrogen-bond acceptors (Lipinski definition) is 6. The smallest absolute Gasteiger partial charge is 0.306 e. The van der Waals surface area contributed by atoms with Crippen molar-refractivity contribution in [1.82, 2.24) is 15.3 Å². The Hall–Kier alpha value is -3.16. The number of thiazole rings is 1. The van der Waals surface area contributed by atoms with Crippen molar-refractivity contribution in [2.45, 2.75) is 37.6 Å². The normalized spacial score (nSPS) is 15.3. The van der Waals surface area contributed by atoms with Gasteiger partial charge in [0, 0.05) is 23.6 Å². The monoisotopic (exact) mass is 475 g/mol. The Labute approximate surface area is 202 Å². The summed E-state index contributed by atoms with van der Waals surface area (Å²) in [6.07, 6.45) is 2.44. The molecule has 34 heavy (non-hydrogen) atoms. The van der Waals surface area contributed by atoms with E-state index in [-0.39, 0.29) is 29.7 Å². The van der Waals surface area contributed by atoms with Crippen LogP contribution in [0.2, 0.25) is 0 Å². The van der Waals surface area contributed by atoms with Crippen molar-refractivity contribution in [1.29, 1.82) is 0 Å². The number of nitrogens with one attached hydrogen (secondary N) is 1. The molecule has 1 saturated carbocycles. The van der Waals surface area contributed by atoms with Gasteiger partial charge in [-0.15, -0.1) is 0 Å². The molecule has 174 valence electrons. The van der Waals surface area contributed by atoms with E-state index < -0.39 is 0 Å². The second-order valence-electron chi connectivity index (χ2n) is 8.73. The van der Waals surface area contributed by atoms with Gasteiger partial charge in [0.2, 0.25) is 0 Å². The molecule has 7 heteroatoms. The van der Waals surface area contributed by atoms with E-state index in [2.05, 4.69) is 45.4 Å². The van der Waals surface area contributed by atoms with Gasteiger partial charge in [0.1, 0.15) is 21.2 Å². The highest BCUT2D eigenvalue weighted by Crippen LogP contribution is 2.53. The van der Waals surface area contributed by atoms with E-state index in [9.17, 15) is 4.79 Å². The molecule has 1 N–H and O–H groups in total. The summed E-state index contributed by atoms with van der Waals surface area (Å²) in [6, 6.07) is 19.7. The standard InChI is InChI=1S/C27H26FN3O2S/c1-17(29-15-12-24(32)33-2)18-8-9-20(21(28)16-18)25-30-22-10-11-23(31-26(22)34-25)27(13-14-27)19-6-4-3-5-7-19/h3-11,16-17,29H,12-15H2,1-2H3. The fourth-order valence-corrected chi connectivity index (χ4v) is 5.32. The highest BCUT2D eigenvalue weighted by Gasteiger charge is 2.47. The molecule has 4 aromatic rings. The van der Waals surface area contributed by atoms with Crippen molar-refractivity contribution < 1.29 is 13.9 Å². The molecule has 1 fully saturated rings. The van der Waals surface area contributed by atoms with E-state index in [0.29, 0.717) is 17.1 Å². The molecule has 1 atom stereocenters. The van der Waals surface area contributed by atoms with Crippen LogP contribution in [0, 0.1) is 5.82 Å². The highest BCUT2D eigenvalue weighted by molar-refractivity contribution is 7.21. The zero-order valence-corrected chi connectivity index (χ0v) is 20.0. The van der Waals surface area contributed by atoms with E-state index in [1.807, 2.05) is 25.1 Å². The van der Waals surface area contributed by atoms with Gasteiger partial charge < -0.3 is 10.1 Å². The molecule has 0 amide bonds. The summed E-state index contributed by atoms with van der Waals surface area (Å²) in [5, 5.41) is 3.85. The molecule has 2 aromatic carbocycles. The Balaban J connectivity index is 1.37. The topological polar surface area (TPSA) is 64.1 Å². The van der Waals surface area contributed by atoms with Crippen LogP contribution in [0.25, 0.3) is 20.9 Å². The molecule has 5 nitrogen and oxygen atoms in total. The van der Waals surface area contributed by atoms with Gasteiger partial charge in [-0.2, -0.15) is 0 Å². The van der Waals surface area contributed by atoms with Gasteiger partial charge in [0.25, 0.3) is 0 Å². The van der Waals surface area contributed by atoms with E-state index >= 15 is 4.39 Å². The summed E-state index contributed by atoms with van der Waals surface area (Å²) >= 11 is 1.42. The molecule has 1 unspecified atom stereocenters. The fourth-order valence-electron chi connectivity index (χ4n) is 4.36. The van der Waals surface area contributed by atoms with E-state index in [1.165, 1.54) is 30.1 Å². The minimum atomic E-state index is -0.318. The maximum absolute atomic E-state index is 15.1. The third kappa shape index (κ3) is 4.33. The number of rotatable bonds is 8. The molecule has 2 heterocycles. The number of pyridine rings is 1. The van der Waals surface area contributed by atoms with Crippen molar-refractivity contribution in [2.75, 3.05) is 13.7 Å². The lowest BCUT2D eigenvalue weighted by Crippen LogP contribution is -2.22. The number of nitrogens with zero attached hydrogens (tertiary/aromatic N) is 2. The van der Waals surface area contributed by atoms with Gasteiger partial charge in [-0.25, -0.2) is 14.4 Å². The van der Waals surface area contributed by atoms with Gasteiger partial charge in [0.05, 0.1) is 19.2 Å². The number of halogens is 1. The molecular formula is C27H26FN3O2S. The average Bonchev–Trinajstić information content (AvgIpc) is 3.57. The Morgan fingerprint density at radius 2 is 1.94 bits per heavy atom. The quantitative estimate of drug-likeness (QED) is 0.327. The molecule has 0 aliphatic heterocycles. The maximum atomic E-state index is 15.1. The number of aromatic nitrogens is 2. The molecule has 2 aromatic heterocycles. The number of carbonyl (C=O) groups is 1. The van der Waals surface area contributed by atoms with Gasteiger partial charge in [-0.05, 0) is 55.2 Å². The summed E-state index contributed by atoms with van der Waals surface area (Å²) in [5.41, 5.74) is 4.41. The Morgan fingerprint density at radius 1 is 1.15 bits per heavy atom. The van der Waals surface area contributed by atoms with Crippen LogP contribution in [0.3, 0.4) is 0 Å². The second kappa shape index (κ2) is 9.24. The largest absolute Gasteiger partial charge is 0.469 e. The lowest BCUT2D eigenvalue weighted by Gasteiger charge is -2.14. The number of benzene rings is 2. The maximum Gasteiger partial charge on any atom is 0.306 e. The van der Waals surface area contributed by atoms with Crippen LogP contribution in [0.15, 0.2) is 60.7 Å². The number of hydrogen-bond donors (Lipinski definition) is 1. The predicted octanol–water partition coefficient (Wildman–Crippen LogP) is 5.79. The molecule has 0 spiro atoms. The molecule has 1 aliphatic rings. The van der Waals surface area contributed by atoms with Crippen LogP contribution < -0.4 is 5.32 Å². The van der Waals surface area contributed by atoms with Crippen molar-refractivity contribution >= 4 is 27.7 Å². The summed E-state index contributed by atoms with van der Waals surface area (Å²) in [5.74, 6) is -0.591. The lowest BCUT2D eigenvalue weighted by atomic mass is 9.92. The van der Waals surface area contributed by atoms with E-state index in [1.54, 1.807) is 6.07 Å². The molecule has 0 bridgehead atoms. The molecule has 5 rings (SSSR count). The first kappa shape index (κ1) is 22.6. The number of ether oxygens (including phenoxy) is 1. The van der Waals surface area contributed by atoms with Crippen LogP contribution >= 0.6 is 11.3 Å². The first-order chi connectivity index (χ1) is 16.5. The Bertz CT molecular complexity index is 1330. The number of fused-ring (bicyclic) bond motifs is 1. The third-order valence-electron chi connectivity index (χ3n) is 6.55. The first-order valence-corrected chi connectivity index (χ1v) is 12.3. The van der Waals surface area contributed by atoms with Gasteiger partial charge >= 0.3 is 5.97 Å².